The van der Waals surface area contributed by atoms with Gasteiger partial charge in [0.05, 0.1) is 28.4 Å². The van der Waals surface area contributed by atoms with Crippen molar-refractivity contribution in [1.29, 1.82) is 0 Å². The molecular weight excluding hydrogens is 454 g/mol. The van der Waals surface area contributed by atoms with Gasteiger partial charge in [0.25, 0.3) is 0 Å². The van der Waals surface area contributed by atoms with E-state index in [1.807, 2.05) is 66.7 Å². The maximum Gasteiger partial charge on any atom is 0.187 e. The molecule has 6 nitrogen and oxygen atoms in total. The molecule has 1 heterocycles. The Kier molecular flexibility index (Phi) is 8.08. The lowest BCUT2D eigenvalue weighted by atomic mass is 9.93. The van der Waals surface area contributed by atoms with Crippen LogP contribution in [0.5, 0.6) is 23.0 Å². The molecule has 0 bridgehead atoms. The smallest absolute Gasteiger partial charge is 0.187 e. The molecule has 186 valence electrons. The van der Waals surface area contributed by atoms with Gasteiger partial charge in [-0.1, -0.05) is 54.6 Å². The van der Waals surface area contributed by atoms with E-state index in [4.69, 9.17) is 18.9 Å². The third kappa shape index (κ3) is 5.44. The fraction of sp³-hybridized carbons (Fsp3) is 0.233. The summed E-state index contributed by atoms with van der Waals surface area (Å²) in [6.45, 7) is 1.74. The van der Waals surface area contributed by atoms with Crippen LogP contribution in [-0.2, 0) is 11.3 Å². The maximum absolute atomic E-state index is 13.7. The van der Waals surface area contributed by atoms with Crippen LogP contribution >= 0.6 is 0 Å². The highest BCUT2D eigenvalue weighted by Gasteiger charge is 2.27. The lowest BCUT2D eigenvalue weighted by Crippen LogP contribution is -2.37. The van der Waals surface area contributed by atoms with Gasteiger partial charge in [0.1, 0.15) is 0 Å². The number of methoxy groups -OCH3 is 4. The summed E-state index contributed by atoms with van der Waals surface area (Å²) < 4.78 is 22.1. The molecule has 3 aromatic rings. The van der Waals surface area contributed by atoms with E-state index in [0.717, 1.165) is 11.1 Å². The van der Waals surface area contributed by atoms with E-state index < -0.39 is 0 Å². The van der Waals surface area contributed by atoms with Crippen LogP contribution in [-0.4, -0.2) is 52.2 Å². The molecule has 0 aromatic heterocycles. The first-order valence-electron chi connectivity index (χ1n) is 11.7. The van der Waals surface area contributed by atoms with Crippen molar-refractivity contribution < 1.29 is 23.7 Å². The Labute approximate surface area is 212 Å². The van der Waals surface area contributed by atoms with E-state index in [1.165, 1.54) is 5.56 Å². The van der Waals surface area contributed by atoms with Crippen LogP contribution in [0.15, 0.2) is 77.9 Å². The first-order chi connectivity index (χ1) is 17.6. The zero-order valence-corrected chi connectivity index (χ0v) is 21.1. The van der Waals surface area contributed by atoms with E-state index in [0.29, 0.717) is 53.8 Å². The van der Waals surface area contributed by atoms with Crippen molar-refractivity contribution in [2.75, 3.05) is 41.5 Å². The van der Waals surface area contributed by atoms with Crippen LogP contribution in [0.25, 0.3) is 12.2 Å². The summed E-state index contributed by atoms with van der Waals surface area (Å²) in [4.78, 5) is 16.0. The van der Waals surface area contributed by atoms with Crippen LogP contribution in [0.4, 0.5) is 0 Å². The van der Waals surface area contributed by atoms with Crippen molar-refractivity contribution in [3.63, 3.8) is 0 Å². The minimum Gasteiger partial charge on any atom is -0.493 e. The Morgan fingerprint density at radius 1 is 0.667 bits per heavy atom. The Bertz CT molecular complexity index is 1200. The number of ketones is 1. The molecule has 0 N–H and O–H groups in total. The maximum atomic E-state index is 13.7. The van der Waals surface area contributed by atoms with Crippen LogP contribution in [0, 0.1) is 0 Å². The third-order valence-electron chi connectivity index (χ3n) is 6.15. The van der Waals surface area contributed by atoms with Crippen molar-refractivity contribution in [2.24, 2.45) is 0 Å². The Balaban J connectivity index is 1.78. The van der Waals surface area contributed by atoms with E-state index in [1.54, 1.807) is 28.4 Å². The summed E-state index contributed by atoms with van der Waals surface area (Å²) in [5.41, 5.74) is 4.12. The number of nitrogens with zero attached hydrogens (tertiary/aromatic N) is 1. The minimum atomic E-state index is -0.00550. The van der Waals surface area contributed by atoms with Crippen molar-refractivity contribution in [2.45, 2.75) is 6.54 Å². The molecule has 6 heteroatoms. The molecule has 36 heavy (non-hydrogen) atoms. The van der Waals surface area contributed by atoms with E-state index >= 15 is 0 Å². The van der Waals surface area contributed by atoms with Crippen molar-refractivity contribution in [3.05, 3.63) is 94.6 Å². The number of para-hydroxylation sites is 2. The van der Waals surface area contributed by atoms with Gasteiger partial charge < -0.3 is 18.9 Å². The number of benzene rings is 3. The van der Waals surface area contributed by atoms with E-state index in [9.17, 15) is 4.79 Å². The fourth-order valence-electron chi connectivity index (χ4n) is 4.49. The summed E-state index contributed by atoms with van der Waals surface area (Å²) >= 11 is 0. The average Bonchev–Trinajstić information content (AvgIpc) is 2.91. The number of carbonyl (C=O) groups is 1. The third-order valence-corrected chi connectivity index (χ3v) is 6.15. The van der Waals surface area contributed by atoms with Gasteiger partial charge in [-0.25, -0.2) is 0 Å². The Hall–Kier alpha value is -4.03. The van der Waals surface area contributed by atoms with Gasteiger partial charge in [-0.05, 0) is 29.8 Å². The predicted molar refractivity (Wildman–Crippen MR) is 142 cm³/mol. The molecule has 1 saturated heterocycles. The predicted octanol–water partition coefficient (Wildman–Crippen LogP) is 5.27. The second-order valence-corrected chi connectivity index (χ2v) is 8.46. The SMILES string of the molecule is COc1cccc(C=C2CN(Cc3ccccc3)CC(=Cc3cccc(OC)c3OC)C2=O)c1OC. The highest BCUT2D eigenvalue weighted by Crippen LogP contribution is 2.35. The molecule has 4 rings (SSSR count). The molecule has 0 saturated carbocycles. The molecule has 0 spiro atoms. The number of hydrogen-bond acceptors (Lipinski definition) is 6. The minimum absolute atomic E-state index is 0.00550. The van der Waals surface area contributed by atoms with Gasteiger partial charge in [-0.2, -0.15) is 0 Å². The second-order valence-electron chi connectivity index (χ2n) is 8.46. The Morgan fingerprint density at radius 3 is 1.61 bits per heavy atom. The molecule has 0 unspecified atom stereocenters. The summed E-state index contributed by atoms with van der Waals surface area (Å²) in [6.07, 6.45) is 3.80. The number of likely N-dealkylation sites (tertiary alicyclic amines) is 1. The van der Waals surface area contributed by atoms with Crippen LogP contribution in [0.1, 0.15) is 16.7 Å². The number of Topliss-reactive ketones (excluding diaryl/α,β-unsaturated/α-hetero) is 1. The largest absolute Gasteiger partial charge is 0.493 e. The number of rotatable bonds is 8. The number of ether oxygens (including phenoxy) is 4. The molecule has 0 radical (unpaired) electrons. The van der Waals surface area contributed by atoms with Gasteiger partial charge >= 0.3 is 0 Å². The number of hydrogen-bond donors (Lipinski definition) is 0. The first kappa shape index (κ1) is 25.1. The van der Waals surface area contributed by atoms with Gasteiger partial charge in [0, 0.05) is 41.9 Å². The summed E-state index contributed by atoms with van der Waals surface area (Å²) in [6, 6.07) is 21.6. The normalized spacial score (nSPS) is 16.3. The van der Waals surface area contributed by atoms with E-state index in [2.05, 4.69) is 17.0 Å². The highest BCUT2D eigenvalue weighted by atomic mass is 16.5. The number of carbonyl (C=O) groups excluding carboxylic acids is 1. The molecular formula is C30H31NO5. The molecule has 0 amide bonds. The van der Waals surface area contributed by atoms with Crippen molar-refractivity contribution >= 4 is 17.9 Å². The zero-order chi connectivity index (χ0) is 25.5. The average molecular weight is 486 g/mol. The molecule has 0 atom stereocenters. The molecule has 3 aromatic carbocycles. The van der Waals surface area contributed by atoms with Gasteiger partial charge in [-0.15, -0.1) is 0 Å². The summed E-state index contributed by atoms with van der Waals surface area (Å²) in [7, 11) is 6.41. The molecule has 1 fully saturated rings. The molecule has 0 aliphatic carbocycles. The standard InChI is InChI=1S/C30H31NO5/c1-33-26-14-8-12-22(29(26)35-3)16-24-19-31(18-21-10-6-5-7-11-21)20-25(28(24)32)17-23-13-9-15-27(34-2)30(23)36-4/h5-17H,18-20H2,1-4H3. The fourth-order valence-corrected chi connectivity index (χ4v) is 4.49. The lowest BCUT2D eigenvalue weighted by molar-refractivity contribution is -0.113. The van der Waals surface area contributed by atoms with Crippen LogP contribution in [0.2, 0.25) is 0 Å². The lowest BCUT2D eigenvalue weighted by Gasteiger charge is -2.30. The van der Waals surface area contributed by atoms with Gasteiger partial charge in [0.15, 0.2) is 28.8 Å². The van der Waals surface area contributed by atoms with Crippen LogP contribution < -0.4 is 18.9 Å². The first-order valence-corrected chi connectivity index (χ1v) is 11.7. The second kappa shape index (κ2) is 11.6. The van der Waals surface area contributed by atoms with Gasteiger partial charge in [0.2, 0.25) is 0 Å². The summed E-state index contributed by atoms with van der Waals surface area (Å²) in [5, 5.41) is 0. The summed E-state index contributed by atoms with van der Waals surface area (Å²) in [5.74, 6) is 2.43. The number of piperidine rings is 1. The molecule has 1 aliphatic heterocycles. The highest BCUT2D eigenvalue weighted by molar-refractivity contribution is 6.15. The van der Waals surface area contributed by atoms with Crippen molar-refractivity contribution in [1.82, 2.24) is 4.90 Å². The van der Waals surface area contributed by atoms with Crippen molar-refractivity contribution in [3.8, 4) is 23.0 Å². The van der Waals surface area contributed by atoms with Crippen LogP contribution in [0.3, 0.4) is 0 Å². The zero-order valence-electron chi connectivity index (χ0n) is 21.1. The van der Waals surface area contributed by atoms with Gasteiger partial charge in [-0.3, -0.25) is 9.69 Å². The van der Waals surface area contributed by atoms with E-state index in [-0.39, 0.29) is 5.78 Å². The monoisotopic (exact) mass is 485 g/mol. The Morgan fingerprint density at radius 2 is 1.17 bits per heavy atom. The molecule has 1 aliphatic rings. The quantitative estimate of drug-likeness (QED) is 0.405. The topological polar surface area (TPSA) is 57.2 Å².